The van der Waals surface area contributed by atoms with E-state index < -0.39 is 27.8 Å². The number of aryl methyl sites for hydroxylation is 1. The van der Waals surface area contributed by atoms with Crippen LogP contribution >= 0.6 is 0 Å². The number of nitrogens with one attached hydrogen (secondary N) is 2. The Morgan fingerprint density at radius 1 is 1.09 bits per heavy atom. The molecule has 2 heterocycles. The maximum Gasteiger partial charge on any atom is 0.269 e. The van der Waals surface area contributed by atoms with Gasteiger partial charge in [-0.05, 0) is 57.0 Å². The molecule has 3 rings (SSSR count). The van der Waals surface area contributed by atoms with E-state index in [-0.39, 0.29) is 48.5 Å². The molecule has 0 atom stereocenters. The predicted octanol–water partition coefficient (Wildman–Crippen LogP) is 0.773. The van der Waals surface area contributed by atoms with Gasteiger partial charge in [-0.1, -0.05) is 0 Å². The van der Waals surface area contributed by atoms with Crippen molar-refractivity contribution in [2.75, 3.05) is 13.1 Å². The van der Waals surface area contributed by atoms with Crippen LogP contribution in [-0.4, -0.2) is 54.2 Å². The molecule has 1 aliphatic heterocycles. The second kappa shape index (κ2) is 10.3. The summed E-state index contributed by atoms with van der Waals surface area (Å²) in [7, 11) is -2.29. The minimum atomic E-state index is -3.83. The average Bonchev–Trinajstić information content (AvgIpc) is 3.20. The summed E-state index contributed by atoms with van der Waals surface area (Å²) in [5.41, 5.74) is 10.5. The number of aromatic nitrogens is 1. The molecule has 11 nitrogen and oxygen atoms in total. The van der Waals surface area contributed by atoms with E-state index in [2.05, 4.69) is 10.9 Å². The third kappa shape index (κ3) is 5.75. The van der Waals surface area contributed by atoms with E-state index in [1.807, 2.05) is 13.8 Å². The molecule has 0 spiro atoms. The van der Waals surface area contributed by atoms with Crippen LogP contribution in [0.1, 0.15) is 47.5 Å². The summed E-state index contributed by atoms with van der Waals surface area (Å²) in [6, 6.07) is 7.77. The van der Waals surface area contributed by atoms with E-state index in [1.165, 1.54) is 28.2 Å². The Hall–Kier alpha value is -3.38. The number of carbonyl (C=O) groups is 3. The number of sulfonamides is 1. The Balaban J connectivity index is 1.52. The number of primary amides is 1. The lowest BCUT2D eigenvalue weighted by Gasteiger charge is -2.30. The highest BCUT2D eigenvalue weighted by Gasteiger charge is 2.33. The fourth-order valence-corrected chi connectivity index (χ4v) is 5.22. The molecule has 12 heteroatoms. The summed E-state index contributed by atoms with van der Waals surface area (Å²) in [5, 5.41) is 0. The van der Waals surface area contributed by atoms with E-state index >= 15 is 0 Å². The van der Waals surface area contributed by atoms with Gasteiger partial charge in [-0.15, -0.1) is 0 Å². The zero-order valence-corrected chi connectivity index (χ0v) is 20.1. The first kappa shape index (κ1) is 25.2. The van der Waals surface area contributed by atoms with Crippen LogP contribution in [0, 0.1) is 5.92 Å². The van der Waals surface area contributed by atoms with Crippen LogP contribution in [0.2, 0.25) is 0 Å². The number of hydrazine groups is 1. The summed E-state index contributed by atoms with van der Waals surface area (Å²) < 4.78 is 34.0. The summed E-state index contributed by atoms with van der Waals surface area (Å²) >= 11 is 0. The van der Waals surface area contributed by atoms with Gasteiger partial charge >= 0.3 is 0 Å². The number of hydrogen-bond donors (Lipinski definition) is 3. The SMILES string of the molecule is CC(C)Oc1ccc(C(=O)NNC(=O)C2CCN(S(=O)(=O)c3cc(C(N)=O)n(C)c3)CC2)cc1. The highest BCUT2D eigenvalue weighted by molar-refractivity contribution is 7.89. The topological polar surface area (TPSA) is 153 Å². The number of amides is 3. The lowest BCUT2D eigenvalue weighted by atomic mass is 9.98. The normalized spacial score (nSPS) is 15.2. The van der Waals surface area contributed by atoms with Crippen LogP contribution < -0.4 is 21.3 Å². The van der Waals surface area contributed by atoms with Crippen molar-refractivity contribution in [3.63, 3.8) is 0 Å². The van der Waals surface area contributed by atoms with Gasteiger partial charge in [0.2, 0.25) is 15.9 Å². The summed E-state index contributed by atoms with van der Waals surface area (Å²) in [6.45, 7) is 4.06. The van der Waals surface area contributed by atoms with Gasteiger partial charge in [0.25, 0.3) is 11.8 Å². The molecular formula is C22H29N5O6S. The van der Waals surface area contributed by atoms with Gasteiger partial charge in [0.15, 0.2) is 0 Å². The van der Waals surface area contributed by atoms with Crippen LogP contribution in [0.5, 0.6) is 5.75 Å². The molecule has 34 heavy (non-hydrogen) atoms. The third-order valence-electron chi connectivity index (χ3n) is 5.48. The third-order valence-corrected chi connectivity index (χ3v) is 7.35. The van der Waals surface area contributed by atoms with Gasteiger partial charge in [0.05, 0.1) is 6.10 Å². The lowest BCUT2D eigenvalue weighted by molar-refractivity contribution is -0.126. The second-order valence-electron chi connectivity index (χ2n) is 8.35. The lowest BCUT2D eigenvalue weighted by Crippen LogP contribution is -2.48. The quantitative estimate of drug-likeness (QED) is 0.487. The van der Waals surface area contributed by atoms with Crippen LogP contribution in [0.3, 0.4) is 0 Å². The smallest absolute Gasteiger partial charge is 0.269 e. The van der Waals surface area contributed by atoms with Crippen molar-refractivity contribution in [2.24, 2.45) is 18.7 Å². The fraction of sp³-hybridized carbons (Fsp3) is 0.409. The molecule has 184 valence electrons. The van der Waals surface area contributed by atoms with E-state index in [4.69, 9.17) is 10.5 Å². The molecule has 1 aromatic heterocycles. The van der Waals surface area contributed by atoms with Crippen LogP contribution in [-0.2, 0) is 21.9 Å². The number of piperidine rings is 1. The molecule has 1 aliphatic rings. The number of benzene rings is 1. The molecule has 0 saturated carbocycles. The second-order valence-corrected chi connectivity index (χ2v) is 10.3. The zero-order valence-electron chi connectivity index (χ0n) is 19.3. The number of ether oxygens (including phenoxy) is 1. The maximum absolute atomic E-state index is 12.9. The van der Waals surface area contributed by atoms with E-state index in [1.54, 1.807) is 24.3 Å². The number of nitrogens with zero attached hydrogens (tertiary/aromatic N) is 2. The first-order chi connectivity index (χ1) is 16.0. The number of hydrogen-bond acceptors (Lipinski definition) is 6. The number of carbonyl (C=O) groups excluding carboxylic acids is 3. The first-order valence-electron chi connectivity index (χ1n) is 10.8. The maximum atomic E-state index is 12.9. The van der Waals surface area contributed by atoms with Crippen LogP contribution in [0.15, 0.2) is 41.4 Å². The highest BCUT2D eigenvalue weighted by Crippen LogP contribution is 2.25. The van der Waals surface area contributed by atoms with Crippen molar-refractivity contribution in [1.82, 2.24) is 19.7 Å². The summed E-state index contributed by atoms with van der Waals surface area (Å²) in [4.78, 5) is 36.2. The molecule has 0 aliphatic carbocycles. The van der Waals surface area contributed by atoms with Gasteiger partial charge in [-0.25, -0.2) is 8.42 Å². The van der Waals surface area contributed by atoms with Crippen molar-refractivity contribution in [3.8, 4) is 5.75 Å². The molecule has 1 saturated heterocycles. The molecule has 2 aromatic rings. The Kier molecular flexibility index (Phi) is 7.62. The Labute approximate surface area is 198 Å². The fourth-order valence-electron chi connectivity index (χ4n) is 3.68. The van der Waals surface area contributed by atoms with Gasteiger partial charge < -0.3 is 15.0 Å². The molecule has 1 fully saturated rings. The minimum absolute atomic E-state index is 0.0145. The summed E-state index contributed by atoms with van der Waals surface area (Å²) in [6.07, 6.45) is 1.93. The predicted molar refractivity (Wildman–Crippen MR) is 123 cm³/mol. The Bertz CT molecular complexity index is 1160. The van der Waals surface area contributed by atoms with Crippen LogP contribution in [0.25, 0.3) is 0 Å². The molecule has 0 radical (unpaired) electrons. The number of rotatable bonds is 7. The van der Waals surface area contributed by atoms with Crippen molar-refractivity contribution in [1.29, 1.82) is 0 Å². The number of nitrogens with two attached hydrogens (primary N) is 1. The van der Waals surface area contributed by atoms with Gasteiger partial charge in [-0.3, -0.25) is 25.2 Å². The molecule has 3 amide bonds. The Morgan fingerprint density at radius 3 is 2.24 bits per heavy atom. The van der Waals surface area contributed by atoms with Crippen LogP contribution in [0.4, 0.5) is 0 Å². The van der Waals surface area contributed by atoms with Crippen molar-refractivity contribution in [2.45, 2.75) is 37.7 Å². The zero-order chi connectivity index (χ0) is 25.0. The van der Waals surface area contributed by atoms with Crippen molar-refractivity contribution < 1.29 is 27.5 Å². The van der Waals surface area contributed by atoms with Crippen molar-refractivity contribution >= 4 is 27.7 Å². The monoisotopic (exact) mass is 491 g/mol. The van der Waals surface area contributed by atoms with E-state index in [0.29, 0.717) is 11.3 Å². The minimum Gasteiger partial charge on any atom is -0.491 e. The van der Waals surface area contributed by atoms with E-state index in [0.717, 1.165) is 0 Å². The first-order valence-corrected chi connectivity index (χ1v) is 12.3. The van der Waals surface area contributed by atoms with Gasteiger partial charge in [0, 0.05) is 37.8 Å². The average molecular weight is 492 g/mol. The Morgan fingerprint density at radius 2 is 1.71 bits per heavy atom. The molecule has 1 aromatic carbocycles. The van der Waals surface area contributed by atoms with Gasteiger partial charge in [0.1, 0.15) is 16.3 Å². The highest BCUT2D eigenvalue weighted by atomic mass is 32.2. The molecule has 0 unspecified atom stereocenters. The molecule has 4 N–H and O–H groups in total. The largest absolute Gasteiger partial charge is 0.491 e. The summed E-state index contributed by atoms with van der Waals surface area (Å²) in [5.74, 6) is -1.40. The molecule has 0 bridgehead atoms. The molecular weight excluding hydrogens is 462 g/mol. The standard InChI is InChI=1S/C22H29N5O6S/c1-14(2)33-17-6-4-15(5-7-17)21(29)24-25-22(30)16-8-10-27(11-9-16)34(31,32)18-12-19(20(23)28)26(3)13-18/h4-7,12-14,16H,8-11H2,1-3H3,(H2,23,28)(H,24,29)(H,25,30). The van der Waals surface area contributed by atoms with Gasteiger partial charge in [-0.2, -0.15) is 4.31 Å². The van der Waals surface area contributed by atoms with E-state index in [9.17, 15) is 22.8 Å². The van der Waals surface area contributed by atoms with Crippen molar-refractivity contribution in [3.05, 3.63) is 47.8 Å².